The Kier molecular flexibility index (Phi) is 3.60. The molecule has 0 aliphatic carbocycles. The minimum absolute atomic E-state index is 0.231. The Morgan fingerprint density at radius 2 is 2.10 bits per heavy atom. The average molecular weight is 273 g/mol. The number of ether oxygens (including phenoxy) is 2. The van der Waals surface area contributed by atoms with Crippen LogP contribution in [0.15, 0.2) is 24.4 Å². The molecule has 2 heterocycles. The molecule has 1 aliphatic heterocycles. The fourth-order valence-electron chi connectivity index (χ4n) is 2.27. The third-order valence-electron chi connectivity index (χ3n) is 3.42. The van der Waals surface area contributed by atoms with Gasteiger partial charge in [0.25, 0.3) is 0 Å². The fraction of sp³-hybridized carbons (Fsp3) is 0.400. The first-order chi connectivity index (χ1) is 9.72. The molecule has 0 fully saturated rings. The van der Waals surface area contributed by atoms with E-state index in [2.05, 4.69) is 28.3 Å². The molecule has 1 atom stereocenters. The van der Waals surface area contributed by atoms with Crippen LogP contribution in [0.1, 0.15) is 30.0 Å². The number of aryl methyl sites for hydroxylation is 1. The predicted molar refractivity (Wildman–Crippen MR) is 76.0 cm³/mol. The minimum Gasteiger partial charge on any atom is -0.486 e. The fourth-order valence-corrected chi connectivity index (χ4v) is 2.27. The molecule has 2 N–H and O–H groups in total. The van der Waals surface area contributed by atoms with Crippen molar-refractivity contribution in [2.45, 2.75) is 26.4 Å². The van der Waals surface area contributed by atoms with Crippen LogP contribution in [0, 0.1) is 6.92 Å². The summed E-state index contributed by atoms with van der Waals surface area (Å²) in [6.45, 7) is 6.09. The van der Waals surface area contributed by atoms with Crippen molar-refractivity contribution in [2.24, 2.45) is 0 Å². The van der Waals surface area contributed by atoms with Gasteiger partial charge >= 0.3 is 0 Å². The molecular weight excluding hydrogens is 254 g/mol. The second-order valence-electron chi connectivity index (χ2n) is 5.00. The van der Waals surface area contributed by atoms with Gasteiger partial charge in [-0.1, -0.05) is 6.07 Å². The van der Waals surface area contributed by atoms with E-state index >= 15 is 0 Å². The van der Waals surface area contributed by atoms with Crippen LogP contribution < -0.4 is 14.8 Å². The van der Waals surface area contributed by atoms with Gasteiger partial charge in [-0.2, -0.15) is 0 Å². The lowest BCUT2D eigenvalue weighted by molar-refractivity contribution is 0.171. The summed E-state index contributed by atoms with van der Waals surface area (Å²) in [5.74, 6) is 2.60. The highest BCUT2D eigenvalue weighted by Crippen LogP contribution is 2.32. The lowest BCUT2D eigenvalue weighted by atomic mass is 10.1. The number of aromatic nitrogens is 2. The quantitative estimate of drug-likeness (QED) is 0.897. The topological polar surface area (TPSA) is 59.2 Å². The number of nitrogens with zero attached hydrogens (tertiary/aromatic N) is 1. The first-order valence-electron chi connectivity index (χ1n) is 6.86. The molecule has 20 heavy (non-hydrogen) atoms. The standard InChI is InChI=1S/C15H19N3O2/c1-10(16-8-13-9-17-11(2)18-13)12-3-4-14-15(7-12)20-6-5-19-14/h3-4,7,9-10,16H,5-6,8H2,1-2H3,(H,17,18). The van der Waals surface area contributed by atoms with Crippen LogP contribution in [0.2, 0.25) is 0 Å². The van der Waals surface area contributed by atoms with E-state index in [1.54, 1.807) is 0 Å². The SMILES string of the molecule is Cc1ncc(CNC(C)c2ccc3c(c2)OCCO3)[nH]1. The average Bonchev–Trinajstić information content (AvgIpc) is 2.90. The lowest BCUT2D eigenvalue weighted by Gasteiger charge is -2.21. The van der Waals surface area contributed by atoms with Crippen molar-refractivity contribution in [3.8, 4) is 11.5 Å². The Balaban J connectivity index is 1.66. The molecule has 0 saturated carbocycles. The van der Waals surface area contributed by atoms with Gasteiger partial charge in [0, 0.05) is 24.5 Å². The van der Waals surface area contributed by atoms with Crippen molar-refractivity contribution in [2.75, 3.05) is 13.2 Å². The van der Waals surface area contributed by atoms with Gasteiger partial charge in [-0.05, 0) is 31.5 Å². The van der Waals surface area contributed by atoms with E-state index in [4.69, 9.17) is 9.47 Å². The predicted octanol–water partition coefficient (Wildman–Crippen LogP) is 2.34. The zero-order valence-corrected chi connectivity index (χ0v) is 11.8. The normalized spacial score (nSPS) is 15.1. The molecule has 1 aromatic carbocycles. The number of hydrogen-bond donors (Lipinski definition) is 2. The molecule has 5 nitrogen and oxygen atoms in total. The van der Waals surface area contributed by atoms with Gasteiger partial charge in [-0.3, -0.25) is 0 Å². The smallest absolute Gasteiger partial charge is 0.161 e. The molecular formula is C15H19N3O2. The Bertz CT molecular complexity index is 595. The summed E-state index contributed by atoms with van der Waals surface area (Å²) in [6, 6.07) is 6.32. The summed E-state index contributed by atoms with van der Waals surface area (Å²) in [5, 5.41) is 3.47. The number of rotatable bonds is 4. The van der Waals surface area contributed by atoms with Crippen LogP contribution in [-0.4, -0.2) is 23.2 Å². The zero-order valence-electron chi connectivity index (χ0n) is 11.8. The van der Waals surface area contributed by atoms with E-state index in [0.717, 1.165) is 29.6 Å². The summed E-state index contributed by atoms with van der Waals surface area (Å²) < 4.78 is 11.1. The summed E-state index contributed by atoms with van der Waals surface area (Å²) >= 11 is 0. The molecule has 1 aliphatic rings. The zero-order chi connectivity index (χ0) is 13.9. The Hall–Kier alpha value is -2.01. The van der Waals surface area contributed by atoms with Crippen molar-refractivity contribution < 1.29 is 9.47 Å². The van der Waals surface area contributed by atoms with Crippen LogP contribution in [0.5, 0.6) is 11.5 Å². The third kappa shape index (κ3) is 2.77. The molecule has 0 bridgehead atoms. The highest BCUT2D eigenvalue weighted by molar-refractivity contribution is 5.44. The van der Waals surface area contributed by atoms with Gasteiger partial charge in [0.15, 0.2) is 11.5 Å². The third-order valence-corrected chi connectivity index (χ3v) is 3.42. The number of fused-ring (bicyclic) bond motifs is 1. The molecule has 5 heteroatoms. The number of nitrogens with one attached hydrogen (secondary N) is 2. The minimum atomic E-state index is 0.231. The summed E-state index contributed by atoms with van der Waals surface area (Å²) in [7, 11) is 0. The largest absolute Gasteiger partial charge is 0.486 e. The van der Waals surface area contributed by atoms with Crippen LogP contribution >= 0.6 is 0 Å². The van der Waals surface area contributed by atoms with Crippen LogP contribution in [-0.2, 0) is 6.54 Å². The maximum Gasteiger partial charge on any atom is 0.161 e. The second kappa shape index (κ2) is 5.54. The lowest BCUT2D eigenvalue weighted by Crippen LogP contribution is -2.19. The monoisotopic (exact) mass is 273 g/mol. The first kappa shape index (κ1) is 13.0. The molecule has 0 saturated heterocycles. The van der Waals surface area contributed by atoms with E-state index in [0.29, 0.717) is 13.2 Å². The van der Waals surface area contributed by atoms with E-state index < -0.39 is 0 Å². The van der Waals surface area contributed by atoms with Gasteiger partial charge in [-0.15, -0.1) is 0 Å². The maximum atomic E-state index is 5.61. The van der Waals surface area contributed by atoms with Gasteiger partial charge in [-0.25, -0.2) is 4.98 Å². The van der Waals surface area contributed by atoms with Gasteiger partial charge < -0.3 is 19.8 Å². The van der Waals surface area contributed by atoms with E-state index in [-0.39, 0.29) is 6.04 Å². The summed E-state index contributed by atoms with van der Waals surface area (Å²) in [4.78, 5) is 7.41. The Labute approximate surface area is 118 Å². The number of imidazole rings is 1. The molecule has 2 aromatic rings. The number of benzene rings is 1. The molecule has 0 amide bonds. The molecule has 106 valence electrons. The van der Waals surface area contributed by atoms with Crippen LogP contribution in [0.3, 0.4) is 0 Å². The van der Waals surface area contributed by atoms with Crippen molar-refractivity contribution in [1.29, 1.82) is 0 Å². The van der Waals surface area contributed by atoms with E-state index in [1.807, 2.05) is 25.3 Å². The number of hydrogen-bond acceptors (Lipinski definition) is 4. The van der Waals surface area contributed by atoms with Crippen molar-refractivity contribution in [3.63, 3.8) is 0 Å². The van der Waals surface area contributed by atoms with E-state index in [9.17, 15) is 0 Å². The van der Waals surface area contributed by atoms with Crippen LogP contribution in [0.25, 0.3) is 0 Å². The molecule has 1 aromatic heterocycles. The van der Waals surface area contributed by atoms with Crippen molar-refractivity contribution in [1.82, 2.24) is 15.3 Å². The van der Waals surface area contributed by atoms with Gasteiger partial charge in [0.05, 0.1) is 0 Å². The molecule has 3 rings (SSSR count). The maximum absolute atomic E-state index is 5.61. The summed E-state index contributed by atoms with van der Waals surface area (Å²) in [6.07, 6.45) is 1.86. The molecule has 0 spiro atoms. The van der Waals surface area contributed by atoms with Crippen molar-refractivity contribution >= 4 is 0 Å². The Morgan fingerprint density at radius 1 is 1.30 bits per heavy atom. The Morgan fingerprint density at radius 3 is 2.85 bits per heavy atom. The number of H-pyrrole nitrogens is 1. The first-order valence-corrected chi connectivity index (χ1v) is 6.86. The molecule has 1 unspecified atom stereocenters. The second-order valence-corrected chi connectivity index (χ2v) is 5.00. The van der Waals surface area contributed by atoms with Gasteiger partial charge in [0.2, 0.25) is 0 Å². The van der Waals surface area contributed by atoms with Crippen molar-refractivity contribution in [3.05, 3.63) is 41.5 Å². The highest BCUT2D eigenvalue weighted by Gasteiger charge is 2.14. The number of aromatic amines is 1. The van der Waals surface area contributed by atoms with Gasteiger partial charge in [0.1, 0.15) is 19.0 Å². The molecule has 0 radical (unpaired) electrons. The van der Waals surface area contributed by atoms with E-state index in [1.165, 1.54) is 5.56 Å². The highest BCUT2D eigenvalue weighted by atomic mass is 16.6. The summed E-state index contributed by atoms with van der Waals surface area (Å²) in [5.41, 5.74) is 2.28. The van der Waals surface area contributed by atoms with Crippen LogP contribution in [0.4, 0.5) is 0 Å².